The third kappa shape index (κ3) is 3.02. The number of carbonyl (C=O) groups excluding carboxylic acids is 1. The van der Waals surface area contributed by atoms with E-state index in [4.69, 9.17) is 0 Å². The number of nitrogens with one attached hydrogen (secondary N) is 1. The third-order valence-corrected chi connectivity index (χ3v) is 4.73. The molecule has 0 radical (unpaired) electrons. The number of carbonyl (C=O) groups is 1. The highest BCUT2D eigenvalue weighted by Gasteiger charge is 2.25. The van der Waals surface area contributed by atoms with Crippen LogP contribution in [0.25, 0.3) is 0 Å². The molecule has 1 fully saturated rings. The van der Waals surface area contributed by atoms with Gasteiger partial charge in [0.25, 0.3) is 0 Å². The topological polar surface area (TPSA) is 51.2 Å². The van der Waals surface area contributed by atoms with Crippen molar-refractivity contribution in [2.45, 2.75) is 39.2 Å². The first kappa shape index (κ1) is 13.3. The Kier molecular flexibility index (Phi) is 4.22. The summed E-state index contributed by atoms with van der Waals surface area (Å²) in [5, 5.41) is 4.25. The molecule has 3 unspecified atom stereocenters. The molecule has 1 aromatic rings. The summed E-state index contributed by atoms with van der Waals surface area (Å²) < 4.78 is 4.67. The van der Waals surface area contributed by atoms with Gasteiger partial charge in [0.1, 0.15) is 4.88 Å². The van der Waals surface area contributed by atoms with Crippen molar-refractivity contribution in [3.8, 4) is 0 Å². The van der Waals surface area contributed by atoms with Crippen LogP contribution in [0.5, 0.6) is 0 Å². The Labute approximate surface area is 112 Å². The Morgan fingerprint density at radius 1 is 1.44 bits per heavy atom. The lowest BCUT2D eigenvalue weighted by Gasteiger charge is -2.32. The van der Waals surface area contributed by atoms with Crippen LogP contribution in [0.2, 0.25) is 0 Å². The van der Waals surface area contributed by atoms with Crippen molar-refractivity contribution in [1.82, 2.24) is 4.98 Å². The van der Waals surface area contributed by atoms with Gasteiger partial charge in [-0.15, -0.1) is 0 Å². The highest BCUT2D eigenvalue weighted by molar-refractivity contribution is 7.17. The zero-order valence-electron chi connectivity index (χ0n) is 11.1. The van der Waals surface area contributed by atoms with Gasteiger partial charge in [0.05, 0.1) is 13.3 Å². The number of rotatable bonds is 3. The van der Waals surface area contributed by atoms with Crippen LogP contribution in [0.15, 0.2) is 6.20 Å². The van der Waals surface area contributed by atoms with Gasteiger partial charge in [0.15, 0.2) is 5.13 Å². The number of ether oxygens (including phenoxy) is 1. The van der Waals surface area contributed by atoms with Crippen molar-refractivity contribution >= 4 is 22.4 Å². The maximum Gasteiger partial charge on any atom is 0.349 e. The van der Waals surface area contributed by atoms with E-state index < -0.39 is 0 Å². The van der Waals surface area contributed by atoms with Crippen LogP contribution in [0.4, 0.5) is 5.13 Å². The molecule has 1 aliphatic rings. The van der Waals surface area contributed by atoms with Gasteiger partial charge >= 0.3 is 5.97 Å². The fourth-order valence-electron chi connectivity index (χ4n) is 2.39. The minimum atomic E-state index is -0.314. The number of aromatic nitrogens is 1. The fourth-order valence-corrected chi connectivity index (χ4v) is 3.20. The Bertz CT molecular complexity index is 419. The van der Waals surface area contributed by atoms with Crippen LogP contribution >= 0.6 is 11.3 Å². The van der Waals surface area contributed by atoms with Crippen molar-refractivity contribution in [2.75, 3.05) is 12.4 Å². The Morgan fingerprint density at radius 2 is 2.22 bits per heavy atom. The summed E-state index contributed by atoms with van der Waals surface area (Å²) in [6.07, 6.45) is 5.19. The zero-order chi connectivity index (χ0) is 13.1. The molecule has 0 saturated heterocycles. The SMILES string of the molecule is COC(=O)c1cnc(NC2CCC(C)C(C)C2)s1. The van der Waals surface area contributed by atoms with Crippen LogP contribution in [0.1, 0.15) is 42.8 Å². The predicted octanol–water partition coefficient (Wildman–Crippen LogP) is 3.17. The zero-order valence-corrected chi connectivity index (χ0v) is 11.9. The second kappa shape index (κ2) is 5.69. The molecule has 2 rings (SSSR count). The van der Waals surface area contributed by atoms with Gasteiger partial charge in [-0.2, -0.15) is 0 Å². The molecular weight excluding hydrogens is 248 g/mol. The van der Waals surface area contributed by atoms with Crippen LogP contribution in [0.3, 0.4) is 0 Å². The van der Waals surface area contributed by atoms with Crippen molar-refractivity contribution in [1.29, 1.82) is 0 Å². The molecule has 0 aromatic carbocycles. The molecular formula is C13H20N2O2S. The minimum absolute atomic E-state index is 0.314. The van der Waals surface area contributed by atoms with Crippen LogP contribution < -0.4 is 5.32 Å². The summed E-state index contributed by atoms with van der Waals surface area (Å²) in [5.74, 6) is 1.24. The molecule has 100 valence electrons. The molecule has 5 heteroatoms. The van der Waals surface area contributed by atoms with E-state index in [-0.39, 0.29) is 5.97 Å². The second-order valence-electron chi connectivity index (χ2n) is 5.13. The van der Waals surface area contributed by atoms with E-state index in [1.807, 2.05) is 0 Å². The van der Waals surface area contributed by atoms with Crippen LogP contribution in [-0.4, -0.2) is 24.1 Å². The summed E-state index contributed by atoms with van der Waals surface area (Å²) in [6.45, 7) is 4.62. The number of esters is 1. The number of hydrogen-bond acceptors (Lipinski definition) is 5. The number of nitrogens with zero attached hydrogens (tertiary/aromatic N) is 1. The first-order chi connectivity index (χ1) is 8.60. The smallest absolute Gasteiger partial charge is 0.349 e. The van der Waals surface area contributed by atoms with Gasteiger partial charge in [0.2, 0.25) is 0 Å². The molecule has 1 heterocycles. The number of hydrogen-bond donors (Lipinski definition) is 1. The molecule has 0 aliphatic heterocycles. The van der Waals surface area contributed by atoms with E-state index in [0.717, 1.165) is 17.0 Å². The summed E-state index contributed by atoms with van der Waals surface area (Å²) in [6, 6.07) is 0.479. The van der Waals surface area contributed by atoms with Crippen molar-refractivity contribution in [3.63, 3.8) is 0 Å². The quantitative estimate of drug-likeness (QED) is 0.855. The maximum atomic E-state index is 11.3. The van der Waals surface area contributed by atoms with Gasteiger partial charge in [-0.25, -0.2) is 9.78 Å². The van der Waals surface area contributed by atoms with Crippen LogP contribution in [0, 0.1) is 11.8 Å². The largest absolute Gasteiger partial charge is 0.465 e. The van der Waals surface area contributed by atoms with E-state index in [1.54, 1.807) is 6.20 Å². The van der Waals surface area contributed by atoms with E-state index in [9.17, 15) is 4.79 Å². The Morgan fingerprint density at radius 3 is 2.89 bits per heavy atom. The standard InChI is InChI=1S/C13H20N2O2S/c1-8-4-5-10(6-9(8)2)15-13-14-7-11(18-13)12(16)17-3/h7-10H,4-6H2,1-3H3,(H,14,15). The molecule has 0 amide bonds. The monoisotopic (exact) mass is 268 g/mol. The maximum absolute atomic E-state index is 11.3. The summed E-state index contributed by atoms with van der Waals surface area (Å²) in [5.41, 5.74) is 0. The van der Waals surface area contributed by atoms with E-state index >= 15 is 0 Å². The lowest BCUT2D eigenvalue weighted by atomic mass is 9.79. The van der Waals surface area contributed by atoms with Gasteiger partial charge in [0, 0.05) is 6.04 Å². The highest BCUT2D eigenvalue weighted by Crippen LogP contribution is 2.31. The van der Waals surface area contributed by atoms with Crippen molar-refractivity contribution < 1.29 is 9.53 Å². The molecule has 1 saturated carbocycles. The first-order valence-electron chi connectivity index (χ1n) is 6.40. The second-order valence-corrected chi connectivity index (χ2v) is 6.16. The summed E-state index contributed by atoms with van der Waals surface area (Å²) in [4.78, 5) is 16.1. The lowest BCUT2D eigenvalue weighted by Crippen LogP contribution is -2.30. The average Bonchev–Trinajstić information content (AvgIpc) is 2.81. The fraction of sp³-hybridized carbons (Fsp3) is 0.692. The molecule has 3 atom stereocenters. The predicted molar refractivity (Wildman–Crippen MR) is 73.0 cm³/mol. The molecule has 1 aliphatic carbocycles. The number of methoxy groups -OCH3 is 1. The normalized spacial score (nSPS) is 27.8. The minimum Gasteiger partial charge on any atom is -0.465 e. The molecule has 18 heavy (non-hydrogen) atoms. The van der Waals surface area contributed by atoms with Crippen LogP contribution in [-0.2, 0) is 4.74 Å². The Hall–Kier alpha value is -1.10. The van der Waals surface area contributed by atoms with E-state index in [2.05, 4.69) is 28.9 Å². The van der Waals surface area contributed by atoms with Gasteiger partial charge in [-0.05, 0) is 31.1 Å². The molecule has 0 bridgehead atoms. The third-order valence-electron chi connectivity index (χ3n) is 3.82. The molecule has 0 spiro atoms. The van der Waals surface area contributed by atoms with Gasteiger partial charge in [-0.1, -0.05) is 25.2 Å². The van der Waals surface area contributed by atoms with E-state index in [1.165, 1.54) is 37.7 Å². The number of thiazole rings is 1. The summed E-state index contributed by atoms with van der Waals surface area (Å²) >= 11 is 1.36. The average molecular weight is 268 g/mol. The molecule has 4 nitrogen and oxygen atoms in total. The van der Waals surface area contributed by atoms with Gasteiger partial charge < -0.3 is 10.1 Å². The lowest BCUT2D eigenvalue weighted by molar-refractivity contribution is 0.0606. The molecule has 1 aromatic heterocycles. The number of anilines is 1. The molecule has 1 N–H and O–H groups in total. The van der Waals surface area contributed by atoms with Gasteiger partial charge in [-0.3, -0.25) is 0 Å². The summed E-state index contributed by atoms with van der Waals surface area (Å²) in [7, 11) is 1.39. The highest BCUT2D eigenvalue weighted by atomic mass is 32.1. The Balaban J connectivity index is 1.93. The van der Waals surface area contributed by atoms with E-state index in [0.29, 0.717) is 10.9 Å². The van der Waals surface area contributed by atoms with Crippen molar-refractivity contribution in [2.24, 2.45) is 11.8 Å². The first-order valence-corrected chi connectivity index (χ1v) is 7.22. The van der Waals surface area contributed by atoms with Crippen molar-refractivity contribution in [3.05, 3.63) is 11.1 Å².